The van der Waals surface area contributed by atoms with Crippen molar-refractivity contribution in [2.75, 3.05) is 32.1 Å². The molecule has 1 aromatic carbocycles. The van der Waals surface area contributed by atoms with Gasteiger partial charge in [0.25, 0.3) is 5.91 Å². The summed E-state index contributed by atoms with van der Waals surface area (Å²) in [6, 6.07) is 9.67. The Hall–Kier alpha value is -2.63. The number of ether oxygens (including phenoxy) is 1. The molecule has 1 aromatic heterocycles. The van der Waals surface area contributed by atoms with Gasteiger partial charge in [0, 0.05) is 25.7 Å². The zero-order valence-electron chi connectivity index (χ0n) is 14.5. The molecule has 0 bridgehead atoms. The van der Waals surface area contributed by atoms with Crippen molar-refractivity contribution in [2.45, 2.75) is 20.3 Å². The molecule has 6 heteroatoms. The first-order chi connectivity index (χ1) is 11.7. The number of hydrogen-bond acceptors (Lipinski definition) is 5. The molecule has 0 aliphatic carbocycles. The van der Waals surface area contributed by atoms with Crippen molar-refractivity contribution in [3.8, 4) is 5.75 Å². The number of carbonyl (C=O) groups excluding carboxylic acids is 1. The summed E-state index contributed by atoms with van der Waals surface area (Å²) in [6.07, 6.45) is 2.28. The standard InChI is InChI=1S/C18H24N4O2/c1-4-22(5-2)18(23)16-12-17(21-13-20-16)19-11-10-14-6-8-15(24-3)9-7-14/h6-9,12-13H,4-5,10-11H2,1-3H3,(H,19,20,21). The number of aromatic nitrogens is 2. The second-order valence-corrected chi connectivity index (χ2v) is 5.29. The highest BCUT2D eigenvalue weighted by Crippen LogP contribution is 2.12. The molecule has 1 N–H and O–H groups in total. The average Bonchev–Trinajstić information content (AvgIpc) is 2.63. The lowest BCUT2D eigenvalue weighted by Crippen LogP contribution is -2.31. The van der Waals surface area contributed by atoms with Crippen LogP contribution in [0.25, 0.3) is 0 Å². The fourth-order valence-corrected chi connectivity index (χ4v) is 2.37. The maximum absolute atomic E-state index is 12.3. The van der Waals surface area contributed by atoms with Gasteiger partial charge in [-0.05, 0) is 38.0 Å². The van der Waals surface area contributed by atoms with Gasteiger partial charge in [-0.25, -0.2) is 9.97 Å². The van der Waals surface area contributed by atoms with Gasteiger partial charge < -0.3 is 15.0 Å². The summed E-state index contributed by atoms with van der Waals surface area (Å²) >= 11 is 0. The Morgan fingerprint density at radius 2 is 1.88 bits per heavy atom. The van der Waals surface area contributed by atoms with E-state index in [0.717, 1.165) is 18.7 Å². The molecule has 2 aromatic rings. The molecular formula is C18H24N4O2. The van der Waals surface area contributed by atoms with E-state index < -0.39 is 0 Å². The van der Waals surface area contributed by atoms with Crippen LogP contribution >= 0.6 is 0 Å². The van der Waals surface area contributed by atoms with E-state index in [-0.39, 0.29) is 5.91 Å². The first kappa shape index (κ1) is 17.7. The third-order valence-electron chi connectivity index (χ3n) is 3.82. The maximum atomic E-state index is 12.3. The van der Waals surface area contributed by atoms with Crippen molar-refractivity contribution in [3.05, 3.63) is 47.9 Å². The Morgan fingerprint density at radius 3 is 2.50 bits per heavy atom. The third kappa shape index (κ3) is 4.68. The predicted molar refractivity (Wildman–Crippen MR) is 94.5 cm³/mol. The Morgan fingerprint density at radius 1 is 1.17 bits per heavy atom. The zero-order chi connectivity index (χ0) is 17.4. The Labute approximate surface area is 142 Å². The van der Waals surface area contributed by atoms with Crippen LogP contribution in [0.3, 0.4) is 0 Å². The fraction of sp³-hybridized carbons (Fsp3) is 0.389. The number of methoxy groups -OCH3 is 1. The summed E-state index contributed by atoms with van der Waals surface area (Å²) < 4.78 is 5.15. The molecule has 6 nitrogen and oxygen atoms in total. The maximum Gasteiger partial charge on any atom is 0.272 e. The molecule has 1 heterocycles. The minimum Gasteiger partial charge on any atom is -0.497 e. The van der Waals surface area contributed by atoms with Crippen molar-refractivity contribution in [2.24, 2.45) is 0 Å². The summed E-state index contributed by atoms with van der Waals surface area (Å²) in [7, 11) is 1.66. The number of carbonyl (C=O) groups is 1. The lowest BCUT2D eigenvalue weighted by Gasteiger charge is -2.18. The first-order valence-corrected chi connectivity index (χ1v) is 8.16. The number of nitrogens with one attached hydrogen (secondary N) is 1. The molecule has 0 saturated carbocycles. The third-order valence-corrected chi connectivity index (χ3v) is 3.82. The van der Waals surface area contributed by atoms with E-state index in [1.54, 1.807) is 18.1 Å². The molecule has 0 aliphatic rings. The zero-order valence-corrected chi connectivity index (χ0v) is 14.5. The molecule has 0 spiro atoms. The van der Waals surface area contributed by atoms with Gasteiger partial charge in [-0.15, -0.1) is 0 Å². The van der Waals surface area contributed by atoms with E-state index in [4.69, 9.17) is 4.74 Å². The topological polar surface area (TPSA) is 67.4 Å². The van der Waals surface area contributed by atoms with Crippen LogP contribution in [-0.2, 0) is 6.42 Å². The number of amides is 1. The van der Waals surface area contributed by atoms with E-state index >= 15 is 0 Å². The van der Waals surface area contributed by atoms with E-state index in [9.17, 15) is 4.79 Å². The van der Waals surface area contributed by atoms with Crippen LogP contribution < -0.4 is 10.1 Å². The Kier molecular flexibility index (Phi) is 6.54. The van der Waals surface area contributed by atoms with E-state index in [1.807, 2.05) is 38.1 Å². The molecule has 128 valence electrons. The molecule has 0 atom stereocenters. The number of rotatable bonds is 8. The normalized spacial score (nSPS) is 10.3. The summed E-state index contributed by atoms with van der Waals surface area (Å²) in [5, 5.41) is 3.24. The lowest BCUT2D eigenvalue weighted by molar-refractivity contribution is 0.0767. The molecule has 0 aliphatic heterocycles. The highest BCUT2D eigenvalue weighted by Gasteiger charge is 2.14. The SMILES string of the molecule is CCN(CC)C(=O)c1cc(NCCc2ccc(OC)cc2)ncn1. The smallest absolute Gasteiger partial charge is 0.272 e. The number of benzene rings is 1. The van der Waals surface area contributed by atoms with Crippen LogP contribution in [0.1, 0.15) is 29.9 Å². The highest BCUT2D eigenvalue weighted by molar-refractivity contribution is 5.92. The molecule has 1 amide bonds. The molecule has 0 radical (unpaired) electrons. The van der Waals surface area contributed by atoms with Crippen LogP contribution in [0.5, 0.6) is 5.75 Å². The van der Waals surface area contributed by atoms with Gasteiger partial charge in [0.1, 0.15) is 23.6 Å². The summed E-state index contributed by atoms with van der Waals surface area (Å²) in [5.41, 5.74) is 1.62. The van der Waals surface area contributed by atoms with Gasteiger partial charge in [0.15, 0.2) is 0 Å². The lowest BCUT2D eigenvalue weighted by atomic mass is 10.1. The molecule has 0 saturated heterocycles. The van der Waals surface area contributed by atoms with E-state index in [2.05, 4.69) is 15.3 Å². The summed E-state index contributed by atoms with van der Waals surface area (Å²) in [6.45, 7) is 5.97. The Balaban J connectivity index is 1.93. The van der Waals surface area contributed by atoms with Crippen molar-refractivity contribution in [1.29, 1.82) is 0 Å². The minimum atomic E-state index is -0.0689. The van der Waals surface area contributed by atoms with E-state index in [1.165, 1.54) is 11.9 Å². The van der Waals surface area contributed by atoms with Gasteiger partial charge in [-0.2, -0.15) is 0 Å². The van der Waals surface area contributed by atoms with E-state index in [0.29, 0.717) is 24.6 Å². The van der Waals surface area contributed by atoms with Crippen molar-refractivity contribution >= 4 is 11.7 Å². The highest BCUT2D eigenvalue weighted by atomic mass is 16.5. The molecular weight excluding hydrogens is 304 g/mol. The largest absolute Gasteiger partial charge is 0.497 e. The predicted octanol–water partition coefficient (Wildman–Crippen LogP) is 2.62. The quantitative estimate of drug-likeness (QED) is 0.807. The molecule has 2 rings (SSSR count). The second kappa shape index (κ2) is 8.86. The van der Waals surface area contributed by atoms with Gasteiger partial charge >= 0.3 is 0 Å². The molecule has 24 heavy (non-hydrogen) atoms. The van der Waals surface area contributed by atoms with Crippen LogP contribution in [0.2, 0.25) is 0 Å². The van der Waals surface area contributed by atoms with Crippen molar-refractivity contribution < 1.29 is 9.53 Å². The number of anilines is 1. The minimum absolute atomic E-state index is 0.0689. The fourth-order valence-electron chi connectivity index (χ4n) is 2.37. The average molecular weight is 328 g/mol. The van der Waals surface area contributed by atoms with Gasteiger partial charge in [0.05, 0.1) is 7.11 Å². The van der Waals surface area contributed by atoms with Crippen LogP contribution in [-0.4, -0.2) is 47.5 Å². The number of nitrogens with zero attached hydrogens (tertiary/aromatic N) is 3. The summed E-state index contributed by atoms with van der Waals surface area (Å²) in [5.74, 6) is 1.44. The van der Waals surface area contributed by atoms with Crippen molar-refractivity contribution in [1.82, 2.24) is 14.9 Å². The molecule has 0 fully saturated rings. The van der Waals surface area contributed by atoms with Crippen LogP contribution in [0, 0.1) is 0 Å². The van der Waals surface area contributed by atoms with Gasteiger partial charge in [-0.1, -0.05) is 12.1 Å². The van der Waals surface area contributed by atoms with Crippen LogP contribution in [0.15, 0.2) is 36.7 Å². The number of hydrogen-bond donors (Lipinski definition) is 1. The molecule has 0 unspecified atom stereocenters. The summed E-state index contributed by atoms with van der Waals surface area (Å²) in [4.78, 5) is 22.3. The monoisotopic (exact) mass is 328 g/mol. The van der Waals surface area contributed by atoms with Crippen molar-refractivity contribution in [3.63, 3.8) is 0 Å². The van der Waals surface area contributed by atoms with Gasteiger partial charge in [0.2, 0.25) is 0 Å². The van der Waals surface area contributed by atoms with Gasteiger partial charge in [-0.3, -0.25) is 4.79 Å². The van der Waals surface area contributed by atoms with Crippen LogP contribution in [0.4, 0.5) is 5.82 Å². The second-order valence-electron chi connectivity index (χ2n) is 5.29. The first-order valence-electron chi connectivity index (χ1n) is 8.16. The Bertz CT molecular complexity index is 654.